The van der Waals surface area contributed by atoms with E-state index < -0.39 is 0 Å². The first-order valence-electron chi connectivity index (χ1n) is 8.47. The van der Waals surface area contributed by atoms with E-state index in [1.165, 1.54) is 12.0 Å². The summed E-state index contributed by atoms with van der Waals surface area (Å²) in [4.78, 5) is 16.9. The molecule has 0 aliphatic carbocycles. The van der Waals surface area contributed by atoms with Crippen LogP contribution >= 0.6 is 0 Å². The second kappa shape index (κ2) is 7.25. The number of likely N-dealkylation sites (N-methyl/N-ethyl adjacent to an activating group) is 1. The lowest BCUT2D eigenvalue weighted by molar-refractivity contribution is -0.132. The highest BCUT2D eigenvalue weighted by Crippen LogP contribution is 2.19. The van der Waals surface area contributed by atoms with Crippen LogP contribution in [0, 0.1) is 0 Å². The number of hydrogen-bond acceptors (Lipinski definition) is 3. The molecule has 0 saturated carbocycles. The molecule has 2 heterocycles. The zero-order chi connectivity index (χ0) is 15.4. The number of likely N-dealkylation sites (tertiary alicyclic amines) is 1. The van der Waals surface area contributed by atoms with E-state index in [-0.39, 0.29) is 0 Å². The van der Waals surface area contributed by atoms with Gasteiger partial charge in [-0.05, 0) is 31.4 Å². The van der Waals surface area contributed by atoms with Crippen LogP contribution in [0.4, 0.5) is 0 Å². The predicted molar refractivity (Wildman–Crippen MR) is 88.5 cm³/mol. The number of benzene rings is 1. The Hall–Kier alpha value is -1.39. The largest absolute Gasteiger partial charge is 0.341 e. The summed E-state index contributed by atoms with van der Waals surface area (Å²) in [7, 11) is 1.98. The molecule has 2 atom stereocenters. The van der Waals surface area contributed by atoms with E-state index in [9.17, 15) is 4.79 Å². The molecule has 1 aromatic carbocycles. The first-order valence-corrected chi connectivity index (χ1v) is 8.47. The van der Waals surface area contributed by atoms with Crippen molar-refractivity contribution in [3.8, 4) is 0 Å². The molecule has 2 fully saturated rings. The number of hydrogen-bond donors (Lipinski definition) is 1. The van der Waals surface area contributed by atoms with Crippen LogP contribution in [0.2, 0.25) is 0 Å². The van der Waals surface area contributed by atoms with Crippen LogP contribution in [-0.4, -0.2) is 54.5 Å². The summed E-state index contributed by atoms with van der Waals surface area (Å²) in [5, 5.41) is 3.42. The minimum absolute atomic E-state index is 0.297. The van der Waals surface area contributed by atoms with Crippen LogP contribution in [-0.2, 0) is 11.3 Å². The van der Waals surface area contributed by atoms with Gasteiger partial charge in [-0.1, -0.05) is 30.3 Å². The van der Waals surface area contributed by atoms with Crippen LogP contribution in [0.3, 0.4) is 0 Å². The number of nitrogens with zero attached hydrogens (tertiary/aromatic N) is 2. The summed E-state index contributed by atoms with van der Waals surface area (Å²) in [6, 6.07) is 11.4. The summed E-state index contributed by atoms with van der Waals surface area (Å²) in [5.41, 5.74) is 1.35. The number of amides is 1. The Morgan fingerprint density at radius 3 is 2.86 bits per heavy atom. The lowest BCUT2D eigenvalue weighted by atomic mass is 10.1. The Bertz CT molecular complexity index is 484. The van der Waals surface area contributed by atoms with Crippen molar-refractivity contribution >= 4 is 5.91 Å². The van der Waals surface area contributed by atoms with Crippen molar-refractivity contribution in [2.75, 3.05) is 26.7 Å². The maximum absolute atomic E-state index is 12.4. The van der Waals surface area contributed by atoms with Gasteiger partial charge in [-0.2, -0.15) is 0 Å². The van der Waals surface area contributed by atoms with E-state index in [2.05, 4.69) is 40.5 Å². The van der Waals surface area contributed by atoms with Crippen LogP contribution in [0.1, 0.15) is 31.2 Å². The maximum Gasteiger partial charge on any atom is 0.224 e. The third kappa shape index (κ3) is 3.87. The summed E-state index contributed by atoms with van der Waals surface area (Å²) < 4.78 is 0. The minimum atomic E-state index is 0.297. The first kappa shape index (κ1) is 15.5. The lowest BCUT2D eigenvalue weighted by Crippen LogP contribution is -2.41. The first-order chi connectivity index (χ1) is 10.7. The van der Waals surface area contributed by atoms with Crippen LogP contribution in [0.25, 0.3) is 0 Å². The summed E-state index contributed by atoms with van der Waals surface area (Å²) in [6.45, 7) is 4.13. The molecule has 2 saturated heterocycles. The second-order valence-corrected chi connectivity index (χ2v) is 6.67. The molecule has 4 nitrogen and oxygen atoms in total. The van der Waals surface area contributed by atoms with E-state index in [0.717, 1.165) is 39.0 Å². The predicted octanol–water partition coefficient (Wildman–Crippen LogP) is 1.86. The smallest absolute Gasteiger partial charge is 0.224 e. The van der Waals surface area contributed by atoms with Gasteiger partial charge in [0.1, 0.15) is 0 Å². The van der Waals surface area contributed by atoms with Crippen molar-refractivity contribution in [3.63, 3.8) is 0 Å². The minimum Gasteiger partial charge on any atom is -0.341 e. The van der Waals surface area contributed by atoms with E-state index in [1.807, 2.05) is 11.9 Å². The summed E-state index contributed by atoms with van der Waals surface area (Å²) >= 11 is 0. The standard InChI is InChI=1S/C18H27N3O/c1-20(18(22)12-16-8-5-10-19-16)17-9-11-21(14-17)13-15-6-3-2-4-7-15/h2-4,6-7,16-17,19H,5,8-14H2,1H3. The number of rotatable bonds is 5. The Morgan fingerprint density at radius 1 is 1.32 bits per heavy atom. The van der Waals surface area contributed by atoms with Crippen molar-refractivity contribution < 1.29 is 4.79 Å². The number of nitrogens with one attached hydrogen (secondary N) is 1. The lowest BCUT2D eigenvalue weighted by Gasteiger charge is -2.26. The van der Waals surface area contributed by atoms with Gasteiger partial charge in [-0.25, -0.2) is 0 Å². The molecule has 22 heavy (non-hydrogen) atoms. The maximum atomic E-state index is 12.4. The summed E-state index contributed by atoms with van der Waals surface area (Å²) in [6.07, 6.45) is 4.10. The van der Waals surface area contributed by atoms with E-state index in [0.29, 0.717) is 24.4 Å². The molecule has 0 radical (unpaired) electrons. The molecule has 4 heteroatoms. The zero-order valence-electron chi connectivity index (χ0n) is 13.5. The Morgan fingerprint density at radius 2 is 2.14 bits per heavy atom. The average Bonchev–Trinajstić information content (AvgIpc) is 3.19. The van der Waals surface area contributed by atoms with Gasteiger partial charge in [-0.3, -0.25) is 9.69 Å². The van der Waals surface area contributed by atoms with Crippen molar-refractivity contribution in [2.24, 2.45) is 0 Å². The zero-order valence-corrected chi connectivity index (χ0v) is 13.5. The van der Waals surface area contributed by atoms with Crippen molar-refractivity contribution in [2.45, 2.75) is 44.3 Å². The van der Waals surface area contributed by atoms with Crippen LogP contribution < -0.4 is 5.32 Å². The Balaban J connectivity index is 1.47. The van der Waals surface area contributed by atoms with Gasteiger partial charge in [0.2, 0.25) is 5.91 Å². The Labute approximate surface area is 133 Å². The fraction of sp³-hybridized carbons (Fsp3) is 0.611. The third-order valence-corrected chi connectivity index (χ3v) is 5.02. The number of carbonyl (C=O) groups excluding carboxylic acids is 1. The highest BCUT2D eigenvalue weighted by molar-refractivity contribution is 5.77. The molecule has 1 aromatic rings. The molecule has 0 bridgehead atoms. The fourth-order valence-corrected chi connectivity index (χ4v) is 3.60. The molecule has 1 N–H and O–H groups in total. The molecule has 1 amide bonds. The van der Waals surface area contributed by atoms with E-state index >= 15 is 0 Å². The quantitative estimate of drug-likeness (QED) is 0.902. The normalized spacial score (nSPS) is 25.5. The highest BCUT2D eigenvalue weighted by Gasteiger charge is 2.29. The molecule has 120 valence electrons. The van der Waals surface area contributed by atoms with E-state index in [1.54, 1.807) is 0 Å². The summed E-state index contributed by atoms with van der Waals surface area (Å²) in [5.74, 6) is 0.297. The topological polar surface area (TPSA) is 35.6 Å². The Kier molecular flexibility index (Phi) is 5.11. The molecular weight excluding hydrogens is 274 g/mol. The SMILES string of the molecule is CN(C(=O)CC1CCCN1)C1CCN(Cc2ccccc2)C1. The molecule has 0 aromatic heterocycles. The number of carbonyl (C=O) groups is 1. The monoisotopic (exact) mass is 301 g/mol. The van der Waals surface area contributed by atoms with Gasteiger partial charge in [0, 0.05) is 45.2 Å². The molecule has 2 unspecified atom stereocenters. The molecule has 3 rings (SSSR count). The highest BCUT2D eigenvalue weighted by atomic mass is 16.2. The fourth-order valence-electron chi connectivity index (χ4n) is 3.60. The van der Waals surface area contributed by atoms with Gasteiger partial charge in [0.25, 0.3) is 0 Å². The van der Waals surface area contributed by atoms with Crippen LogP contribution in [0.5, 0.6) is 0 Å². The van der Waals surface area contributed by atoms with Crippen molar-refractivity contribution in [1.29, 1.82) is 0 Å². The third-order valence-electron chi connectivity index (χ3n) is 5.02. The van der Waals surface area contributed by atoms with Crippen molar-refractivity contribution in [3.05, 3.63) is 35.9 Å². The molecule has 0 spiro atoms. The van der Waals surface area contributed by atoms with Gasteiger partial charge >= 0.3 is 0 Å². The van der Waals surface area contributed by atoms with Gasteiger partial charge in [0.15, 0.2) is 0 Å². The van der Waals surface area contributed by atoms with Crippen molar-refractivity contribution in [1.82, 2.24) is 15.1 Å². The molecular formula is C18H27N3O. The van der Waals surface area contributed by atoms with Gasteiger partial charge < -0.3 is 10.2 Å². The molecule has 2 aliphatic rings. The second-order valence-electron chi connectivity index (χ2n) is 6.67. The molecule has 2 aliphatic heterocycles. The van der Waals surface area contributed by atoms with Gasteiger partial charge in [-0.15, -0.1) is 0 Å². The average molecular weight is 301 g/mol. The van der Waals surface area contributed by atoms with Crippen LogP contribution in [0.15, 0.2) is 30.3 Å². The van der Waals surface area contributed by atoms with E-state index in [4.69, 9.17) is 0 Å². The van der Waals surface area contributed by atoms with Gasteiger partial charge in [0.05, 0.1) is 0 Å².